The van der Waals surface area contributed by atoms with E-state index in [4.69, 9.17) is 0 Å². The van der Waals surface area contributed by atoms with Crippen LogP contribution in [0.5, 0.6) is 0 Å². The van der Waals surface area contributed by atoms with Gasteiger partial charge in [-0.1, -0.05) is 15.9 Å². The molecule has 1 fully saturated rings. The highest BCUT2D eigenvalue weighted by molar-refractivity contribution is 9.10. The lowest BCUT2D eigenvalue weighted by molar-refractivity contribution is -0.384. The van der Waals surface area contributed by atoms with Crippen molar-refractivity contribution in [3.8, 4) is 0 Å². The monoisotopic (exact) mass is 430 g/mol. The number of non-ortho nitro benzene ring substituents is 1. The highest BCUT2D eigenvalue weighted by Crippen LogP contribution is 2.26. The number of nitrogens with zero attached hydrogens (tertiary/aromatic N) is 3. The lowest BCUT2D eigenvalue weighted by atomic mass is 10.1. The maximum absolute atomic E-state index is 12.1. The Labute approximate surface area is 165 Å². The first-order valence-electron chi connectivity index (χ1n) is 8.67. The quantitative estimate of drug-likeness (QED) is 0.439. The summed E-state index contributed by atoms with van der Waals surface area (Å²) in [6, 6.07) is 11.6. The molecule has 1 amide bonds. The highest BCUT2D eigenvalue weighted by atomic mass is 79.9. The van der Waals surface area contributed by atoms with E-state index in [2.05, 4.69) is 31.4 Å². The minimum Gasteiger partial charge on any atom is -0.371 e. The molecular weight excluding hydrogens is 412 g/mol. The Balaban J connectivity index is 1.79. The Morgan fingerprint density at radius 3 is 2.52 bits per heavy atom. The van der Waals surface area contributed by atoms with Crippen molar-refractivity contribution >= 4 is 39.4 Å². The maximum Gasteiger partial charge on any atom is 0.271 e. The Kier molecular flexibility index (Phi) is 6.18. The molecule has 0 spiro atoms. The van der Waals surface area contributed by atoms with Crippen LogP contribution in [0.1, 0.15) is 35.2 Å². The van der Waals surface area contributed by atoms with Crippen molar-refractivity contribution in [2.24, 2.45) is 5.10 Å². The zero-order chi connectivity index (χ0) is 19.2. The summed E-state index contributed by atoms with van der Waals surface area (Å²) < 4.78 is 0.880. The summed E-state index contributed by atoms with van der Waals surface area (Å²) in [5.74, 6) is -0.344. The van der Waals surface area contributed by atoms with Crippen LogP contribution < -0.4 is 10.3 Å². The number of hydrogen-bond donors (Lipinski definition) is 1. The standard InChI is InChI=1S/C19H19BrN4O3/c20-16-6-4-14(5-7-16)19(25)22-21-13-15-12-17(24(26)27)8-9-18(15)23-10-2-1-3-11-23/h4-9,12-13H,1-3,10-11H2,(H,22,25)/b21-13+. The molecule has 1 saturated heterocycles. The number of benzene rings is 2. The fourth-order valence-electron chi connectivity index (χ4n) is 3.01. The molecule has 0 aromatic heterocycles. The van der Waals surface area contributed by atoms with Crippen molar-refractivity contribution in [1.82, 2.24) is 5.43 Å². The molecule has 3 rings (SSSR count). The van der Waals surface area contributed by atoms with E-state index in [0.29, 0.717) is 11.1 Å². The number of nitro benzene ring substituents is 1. The van der Waals surface area contributed by atoms with E-state index >= 15 is 0 Å². The van der Waals surface area contributed by atoms with Gasteiger partial charge in [0.05, 0.1) is 11.1 Å². The predicted molar refractivity (Wildman–Crippen MR) is 108 cm³/mol. The van der Waals surface area contributed by atoms with Gasteiger partial charge in [-0.25, -0.2) is 5.43 Å². The molecule has 0 atom stereocenters. The van der Waals surface area contributed by atoms with Crippen LogP contribution in [0.2, 0.25) is 0 Å². The van der Waals surface area contributed by atoms with Gasteiger partial charge in [0, 0.05) is 46.5 Å². The first-order valence-corrected chi connectivity index (χ1v) is 9.46. The normalized spacial score (nSPS) is 14.3. The van der Waals surface area contributed by atoms with Gasteiger partial charge in [-0.2, -0.15) is 5.10 Å². The SMILES string of the molecule is O=C(N/N=C/c1cc([N+](=O)[O-])ccc1N1CCCCC1)c1ccc(Br)cc1. The van der Waals surface area contributed by atoms with Gasteiger partial charge < -0.3 is 4.90 Å². The molecule has 0 unspecified atom stereocenters. The molecule has 140 valence electrons. The van der Waals surface area contributed by atoms with Crippen LogP contribution in [0, 0.1) is 10.1 Å². The lowest BCUT2D eigenvalue weighted by Gasteiger charge is -2.29. The molecule has 2 aromatic carbocycles. The van der Waals surface area contributed by atoms with E-state index in [1.807, 2.05) is 0 Å². The summed E-state index contributed by atoms with van der Waals surface area (Å²) in [7, 11) is 0. The summed E-state index contributed by atoms with van der Waals surface area (Å²) in [6.07, 6.45) is 4.84. The number of carbonyl (C=O) groups excluding carboxylic acids is 1. The zero-order valence-electron chi connectivity index (χ0n) is 14.6. The molecule has 0 bridgehead atoms. The number of rotatable bonds is 5. The Hall–Kier alpha value is -2.74. The van der Waals surface area contributed by atoms with Crippen molar-refractivity contribution in [3.63, 3.8) is 0 Å². The lowest BCUT2D eigenvalue weighted by Crippen LogP contribution is -2.30. The van der Waals surface area contributed by atoms with E-state index in [0.717, 1.165) is 36.1 Å². The predicted octanol–water partition coefficient (Wildman–Crippen LogP) is 4.11. The van der Waals surface area contributed by atoms with Gasteiger partial charge in [0.15, 0.2) is 0 Å². The Morgan fingerprint density at radius 1 is 1.15 bits per heavy atom. The maximum atomic E-state index is 12.1. The van der Waals surface area contributed by atoms with Gasteiger partial charge in [-0.15, -0.1) is 0 Å². The molecule has 0 radical (unpaired) electrons. The number of hydrogen-bond acceptors (Lipinski definition) is 5. The number of halogens is 1. The van der Waals surface area contributed by atoms with Crippen molar-refractivity contribution in [2.75, 3.05) is 18.0 Å². The number of carbonyl (C=O) groups is 1. The molecule has 1 N–H and O–H groups in total. The second-order valence-electron chi connectivity index (χ2n) is 6.25. The smallest absolute Gasteiger partial charge is 0.271 e. The van der Waals surface area contributed by atoms with Crippen molar-refractivity contribution < 1.29 is 9.72 Å². The summed E-state index contributed by atoms with van der Waals surface area (Å²) in [5, 5.41) is 15.1. The third-order valence-corrected chi connectivity index (χ3v) is 4.92. The summed E-state index contributed by atoms with van der Waals surface area (Å²) in [5.41, 5.74) is 4.45. The van der Waals surface area contributed by atoms with E-state index in [1.165, 1.54) is 24.8 Å². The van der Waals surface area contributed by atoms with Gasteiger partial charge in [-0.3, -0.25) is 14.9 Å². The van der Waals surface area contributed by atoms with Gasteiger partial charge >= 0.3 is 0 Å². The molecule has 1 heterocycles. The van der Waals surface area contributed by atoms with Gasteiger partial charge in [0.1, 0.15) is 0 Å². The van der Waals surface area contributed by atoms with E-state index < -0.39 is 4.92 Å². The van der Waals surface area contributed by atoms with E-state index in [1.54, 1.807) is 30.3 Å². The molecule has 7 nitrogen and oxygen atoms in total. The fraction of sp³-hybridized carbons (Fsp3) is 0.263. The largest absolute Gasteiger partial charge is 0.371 e. The molecule has 0 aliphatic carbocycles. The average Bonchev–Trinajstić information content (AvgIpc) is 2.69. The Morgan fingerprint density at radius 2 is 1.85 bits per heavy atom. The minimum atomic E-state index is -0.433. The average molecular weight is 431 g/mol. The second kappa shape index (κ2) is 8.77. The van der Waals surface area contributed by atoms with Gasteiger partial charge in [0.2, 0.25) is 0 Å². The highest BCUT2D eigenvalue weighted by Gasteiger charge is 2.17. The van der Waals surface area contributed by atoms with E-state index in [-0.39, 0.29) is 11.6 Å². The summed E-state index contributed by atoms with van der Waals surface area (Å²) in [6.45, 7) is 1.81. The van der Waals surface area contributed by atoms with Crippen LogP contribution in [0.3, 0.4) is 0 Å². The molecule has 0 saturated carbocycles. The van der Waals surface area contributed by atoms with Crippen LogP contribution in [-0.4, -0.2) is 30.1 Å². The van der Waals surface area contributed by atoms with Crippen LogP contribution in [0.15, 0.2) is 52.0 Å². The van der Waals surface area contributed by atoms with Crippen molar-refractivity contribution in [2.45, 2.75) is 19.3 Å². The van der Waals surface area contributed by atoms with Gasteiger partial charge in [0.25, 0.3) is 11.6 Å². The van der Waals surface area contributed by atoms with Crippen LogP contribution in [0.4, 0.5) is 11.4 Å². The summed E-state index contributed by atoms with van der Waals surface area (Å²) in [4.78, 5) is 25.0. The van der Waals surface area contributed by atoms with Gasteiger partial charge in [-0.05, 0) is 49.6 Å². The topological polar surface area (TPSA) is 87.8 Å². The molecule has 27 heavy (non-hydrogen) atoms. The van der Waals surface area contributed by atoms with Crippen LogP contribution in [-0.2, 0) is 0 Å². The molecular formula is C19H19BrN4O3. The number of hydrazone groups is 1. The van der Waals surface area contributed by atoms with E-state index in [9.17, 15) is 14.9 Å². The molecule has 2 aromatic rings. The summed E-state index contributed by atoms with van der Waals surface area (Å²) >= 11 is 3.32. The molecule has 8 heteroatoms. The third kappa shape index (κ3) is 4.91. The first-order chi connectivity index (χ1) is 13.0. The number of nitrogens with one attached hydrogen (secondary N) is 1. The Bertz CT molecular complexity index is 862. The third-order valence-electron chi connectivity index (χ3n) is 4.39. The molecule has 1 aliphatic heterocycles. The number of anilines is 1. The zero-order valence-corrected chi connectivity index (χ0v) is 16.2. The number of amides is 1. The fourth-order valence-corrected chi connectivity index (χ4v) is 3.27. The molecule has 1 aliphatic rings. The van der Waals surface area contributed by atoms with Crippen LogP contribution >= 0.6 is 15.9 Å². The van der Waals surface area contributed by atoms with Crippen LogP contribution in [0.25, 0.3) is 0 Å². The first kappa shape index (κ1) is 19.0. The van der Waals surface area contributed by atoms with Crippen molar-refractivity contribution in [1.29, 1.82) is 0 Å². The minimum absolute atomic E-state index is 0.00329. The number of piperidine rings is 1. The number of nitro groups is 1. The second-order valence-corrected chi connectivity index (χ2v) is 7.17. The van der Waals surface area contributed by atoms with Crippen molar-refractivity contribution in [3.05, 3.63) is 68.2 Å².